The van der Waals surface area contributed by atoms with E-state index in [0.717, 1.165) is 39.0 Å². The maximum absolute atomic E-state index is 12.4. The van der Waals surface area contributed by atoms with Gasteiger partial charge in [0.25, 0.3) is 5.91 Å². The number of likely N-dealkylation sites (tertiary alicyclic amines) is 1. The van der Waals surface area contributed by atoms with Gasteiger partial charge < -0.3 is 15.1 Å². The molecule has 0 spiro atoms. The molecule has 7 nitrogen and oxygen atoms in total. The molecule has 28 heavy (non-hydrogen) atoms. The molecule has 0 bridgehead atoms. The molecular formula is C21H30N4O3. The molecule has 2 heterocycles. The molecule has 2 aliphatic heterocycles. The SMILES string of the molecule is O=C(NCCCC(=O)N1CCN(CC(=O)N2CCCC2)CC1)c1ccccc1. The fourth-order valence-electron chi connectivity index (χ4n) is 3.70. The first-order chi connectivity index (χ1) is 13.6. The van der Waals surface area contributed by atoms with Gasteiger partial charge in [0, 0.05) is 57.8 Å². The predicted octanol–water partition coefficient (Wildman–Crippen LogP) is 0.963. The lowest BCUT2D eigenvalue weighted by atomic mass is 10.2. The Hall–Kier alpha value is -2.41. The Kier molecular flexibility index (Phi) is 7.42. The van der Waals surface area contributed by atoms with Crippen LogP contribution in [0.2, 0.25) is 0 Å². The second-order valence-corrected chi connectivity index (χ2v) is 7.47. The summed E-state index contributed by atoms with van der Waals surface area (Å²) in [5.74, 6) is 0.232. The number of piperazine rings is 1. The van der Waals surface area contributed by atoms with Crippen LogP contribution in [0.3, 0.4) is 0 Å². The van der Waals surface area contributed by atoms with Crippen molar-refractivity contribution in [1.82, 2.24) is 20.0 Å². The Balaban J connectivity index is 1.29. The molecule has 0 unspecified atom stereocenters. The summed E-state index contributed by atoms with van der Waals surface area (Å²) in [6.45, 7) is 5.56. The van der Waals surface area contributed by atoms with E-state index in [-0.39, 0.29) is 17.7 Å². The number of hydrogen-bond donors (Lipinski definition) is 1. The van der Waals surface area contributed by atoms with Crippen LogP contribution in [0, 0.1) is 0 Å². The third kappa shape index (κ3) is 5.79. The average molecular weight is 386 g/mol. The van der Waals surface area contributed by atoms with E-state index in [1.807, 2.05) is 28.0 Å². The van der Waals surface area contributed by atoms with Crippen LogP contribution >= 0.6 is 0 Å². The molecule has 0 radical (unpaired) electrons. The van der Waals surface area contributed by atoms with Crippen LogP contribution < -0.4 is 5.32 Å². The molecule has 1 aromatic carbocycles. The van der Waals surface area contributed by atoms with Crippen LogP contribution in [0.25, 0.3) is 0 Å². The molecule has 152 valence electrons. The van der Waals surface area contributed by atoms with E-state index in [1.165, 1.54) is 0 Å². The van der Waals surface area contributed by atoms with Gasteiger partial charge in [-0.15, -0.1) is 0 Å². The first-order valence-electron chi connectivity index (χ1n) is 10.2. The Labute approximate surface area is 166 Å². The standard InChI is InChI=1S/C21H30N4O3/c26-19(9-6-10-22-21(28)18-7-2-1-3-8-18)25-15-13-23(14-16-25)17-20(27)24-11-4-5-12-24/h1-3,7-8H,4-6,9-17H2,(H,22,28). The number of carbonyl (C=O) groups excluding carboxylic acids is 3. The number of hydrogen-bond acceptors (Lipinski definition) is 4. The van der Waals surface area contributed by atoms with Gasteiger partial charge in [0.05, 0.1) is 6.54 Å². The van der Waals surface area contributed by atoms with Crippen LogP contribution in [0.1, 0.15) is 36.0 Å². The highest BCUT2D eigenvalue weighted by Crippen LogP contribution is 2.10. The lowest BCUT2D eigenvalue weighted by Gasteiger charge is -2.35. The molecule has 0 aliphatic carbocycles. The minimum atomic E-state index is -0.107. The summed E-state index contributed by atoms with van der Waals surface area (Å²) in [5, 5.41) is 2.85. The number of benzene rings is 1. The van der Waals surface area contributed by atoms with Gasteiger partial charge in [-0.1, -0.05) is 18.2 Å². The number of amides is 3. The Morgan fingerprint density at radius 1 is 0.821 bits per heavy atom. The van der Waals surface area contributed by atoms with Gasteiger partial charge in [0.1, 0.15) is 0 Å². The minimum absolute atomic E-state index is 0.107. The van der Waals surface area contributed by atoms with Gasteiger partial charge in [-0.25, -0.2) is 0 Å². The van der Waals surface area contributed by atoms with Crippen LogP contribution in [-0.4, -0.2) is 84.8 Å². The van der Waals surface area contributed by atoms with Crippen molar-refractivity contribution in [3.8, 4) is 0 Å². The van der Waals surface area contributed by atoms with E-state index in [0.29, 0.717) is 44.6 Å². The van der Waals surface area contributed by atoms with Crippen LogP contribution in [0.4, 0.5) is 0 Å². The molecule has 3 amide bonds. The second kappa shape index (κ2) is 10.2. The predicted molar refractivity (Wildman–Crippen MR) is 107 cm³/mol. The van der Waals surface area contributed by atoms with Crippen molar-refractivity contribution in [2.45, 2.75) is 25.7 Å². The fourth-order valence-corrected chi connectivity index (χ4v) is 3.70. The van der Waals surface area contributed by atoms with E-state index in [1.54, 1.807) is 12.1 Å². The van der Waals surface area contributed by atoms with Gasteiger partial charge in [0.2, 0.25) is 11.8 Å². The number of carbonyl (C=O) groups is 3. The molecule has 1 N–H and O–H groups in total. The number of nitrogens with one attached hydrogen (secondary N) is 1. The van der Waals surface area contributed by atoms with Crippen molar-refractivity contribution in [2.75, 3.05) is 52.4 Å². The van der Waals surface area contributed by atoms with Crippen molar-refractivity contribution < 1.29 is 14.4 Å². The van der Waals surface area contributed by atoms with E-state index < -0.39 is 0 Å². The molecule has 0 aromatic heterocycles. The third-order valence-electron chi connectivity index (χ3n) is 5.43. The van der Waals surface area contributed by atoms with Gasteiger partial charge in [-0.2, -0.15) is 0 Å². The van der Waals surface area contributed by atoms with Gasteiger partial charge in [0.15, 0.2) is 0 Å². The molecule has 3 rings (SSSR count). The lowest BCUT2D eigenvalue weighted by molar-refractivity contribution is -0.134. The van der Waals surface area contributed by atoms with Crippen molar-refractivity contribution in [3.63, 3.8) is 0 Å². The summed E-state index contributed by atoms with van der Waals surface area (Å²) >= 11 is 0. The maximum Gasteiger partial charge on any atom is 0.251 e. The topological polar surface area (TPSA) is 73.0 Å². The van der Waals surface area contributed by atoms with Crippen molar-refractivity contribution in [1.29, 1.82) is 0 Å². The molecular weight excluding hydrogens is 356 g/mol. The summed E-state index contributed by atoms with van der Waals surface area (Å²) in [7, 11) is 0. The number of nitrogens with zero attached hydrogens (tertiary/aromatic N) is 3. The van der Waals surface area contributed by atoms with E-state index >= 15 is 0 Å². The van der Waals surface area contributed by atoms with Crippen LogP contribution in [0.15, 0.2) is 30.3 Å². The van der Waals surface area contributed by atoms with Crippen molar-refractivity contribution >= 4 is 17.7 Å². The highest BCUT2D eigenvalue weighted by atomic mass is 16.2. The highest BCUT2D eigenvalue weighted by Gasteiger charge is 2.25. The fraction of sp³-hybridized carbons (Fsp3) is 0.571. The molecule has 1 aromatic rings. The lowest BCUT2D eigenvalue weighted by Crippen LogP contribution is -2.51. The van der Waals surface area contributed by atoms with Gasteiger partial charge >= 0.3 is 0 Å². The molecule has 2 fully saturated rings. The number of rotatable bonds is 7. The molecule has 0 saturated carbocycles. The zero-order chi connectivity index (χ0) is 19.8. The van der Waals surface area contributed by atoms with E-state index in [2.05, 4.69) is 10.2 Å². The first-order valence-corrected chi connectivity index (χ1v) is 10.2. The molecule has 2 aliphatic rings. The summed E-state index contributed by atoms with van der Waals surface area (Å²) < 4.78 is 0. The third-order valence-corrected chi connectivity index (χ3v) is 5.43. The summed E-state index contributed by atoms with van der Waals surface area (Å²) in [5.41, 5.74) is 0.633. The largest absolute Gasteiger partial charge is 0.352 e. The Morgan fingerprint density at radius 3 is 2.14 bits per heavy atom. The van der Waals surface area contributed by atoms with Gasteiger partial charge in [-0.05, 0) is 31.4 Å². The average Bonchev–Trinajstić information content (AvgIpc) is 3.27. The van der Waals surface area contributed by atoms with E-state index in [4.69, 9.17) is 0 Å². The molecule has 0 atom stereocenters. The summed E-state index contributed by atoms with van der Waals surface area (Å²) in [6.07, 6.45) is 3.28. The summed E-state index contributed by atoms with van der Waals surface area (Å²) in [6, 6.07) is 9.08. The Morgan fingerprint density at radius 2 is 1.46 bits per heavy atom. The van der Waals surface area contributed by atoms with Gasteiger partial charge in [-0.3, -0.25) is 19.3 Å². The van der Waals surface area contributed by atoms with Crippen molar-refractivity contribution in [3.05, 3.63) is 35.9 Å². The minimum Gasteiger partial charge on any atom is -0.352 e. The van der Waals surface area contributed by atoms with Crippen LogP contribution in [-0.2, 0) is 9.59 Å². The zero-order valence-corrected chi connectivity index (χ0v) is 16.4. The normalized spacial score (nSPS) is 17.6. The highest BCUT2D eigenvalue weighted by molar-refractivity contribution is 5.94. The first kappa shape index (κ1) is 20.3. The monoisotopic (exact) mass is 386 g/mol. The smallest absolute Gasteiger partial charge is 0.251 e. The Bertz CT molecular complexity index is 665. The summed E-state index contributed by atoms with van der Waals surface area (Å²) in [4.78, 5) is 42.5. The van der Waals surface area contributed by atoms with Crippen LogP contribution in [0.5, 0.6) is 0 Å². The maximum atomic E-state index is 12.4. The van der Waals surface area contributed by atoms with E-state index in [9.17, 15) is 14.4 Å². The second-order valence-electron chi connectivity index (χ2n) is 7.47. The van der Waals surface area contributed by atoms with Crippen molar-refractivity contribution in [2.24, 2.45) is 0 Å². The molecule has 7 heteroatoms. The molecule has 2 saturated heterocycles. The zero-order valence-electron chi connectivity index (χ0n) is 16.4. The quantitative estimate of drug-likeness (QED) is 0.709.